The van der Waals surface area contributed by atoms with Crippen LogP contribution in [-0.4, -0.2) is 60.8 Å². The van der Waals surface area contributed by atoms with Crippen LogP contribution in [0.2, 0.25) is 0 Å². The van der Waals surface area contributed by atoms with Gasteiger partial charge in [-0.2, -0.15) is 15.1 Å². The molecule has 0 unspecified atom stereocenters. The molecule has 0 aliphatic rings. The Bertz CT molecular complexity index is 1070. The van der Waals surface area contributed by atoms with E-state index in [0.29, 0.717) is 40.4 Å². The van der Waals surface area contributed by atoms with E-state index in [1.807, 2.05) is 6.92 Å². The first-order valence-corrected chi connectivity index (χ1v) is 10.2. The fourth-order valence-electron chi connectivity index (χ4n) is 3.38. The Morgan fingerprint density at radius 1 is 1.25 bits per heavy atom. The molecule has 0 aliphatic carbocycles. The van der Waals surface area contributed by atoms with Crippen LogP contribution < -0.4 is 20.5 Å². The van der Waals surface area contributed by atoms with Crippen molar-refractivity contribution in [2.24, 2.45) is 5.73 Å². The smallest absolute Gasteiger partial charge is 0.412 e. The third-order valence-corrected chi connectivity index (χ3v) is 4.79. The number of anilines is 1. The fraction of sp³-hybridized carbons (Fsp3) is 0.450. The van der Waals surface area contributed by atoms with Crippen LogP contribution >= 0.6 is 0 Å². The van der Waals surface area contributed by atoms with Crippen molar-refractivity contribution in [3.05, 3.63) is 29.7 Å². The monoisotopic (exact) mass is 445 g/mol. The molecule has 0 spiro atoms. The van der Waals surface area contributed by atoms with Crippen LogP contribution in [0.15, 0.2) is 18.3 Å². The van der Waals surface area contributed by atoms with Crippen molar-refractivity contribution >= 4 is 22.9 Å². The SMILES string of the molecule is CCC[C@@H](CCO)Nc1nc(OC(N)=O)nc2cnn(Cc3nc(CO)ccc3OC)c12. The number of primary amides is 1. The van der Waals surface area contributed by atoms with Crippen molar-refractivity contribution in [1.82, 2.24) is 24.7 Å². The van der Waals surface area contributed by atoms with Gasteiger partial charge in [0.25, 0.3) is 0 Å². The van der Waals surface area contributed by atoms with Crippen LogP contribution in [0.3, 0.4) is 0 Å². The number of nitrogens with zero attached hydrogens (tertiary/aromatic N) is 5. The Balaban J connectivity index is 2.07. The molecule has 3 heterocycles. The van der Waals surface area contributed by atoms with Crippen molar-refractivity contribution < 1.29 is 24.5 Å². The highest BCUT2D eigenvalue weighted by molar-refractivity contribution is 5.86. The average Bonchev–Trinajstić information content (AvgIpc) is 3.16. The van der Waals surface area contributed by atoms with E-state index >= 15 is 0 Å². The Hall–Kier alpha value is -3.51. The molecule has 0 aromatic carbocycles. The second kappa shape index (κ2) is 10.7. The molecule has 32 heavy (non-hydrogen) atoms. The number of carbonyl (C=O) groups is 1. The molecule has 0 radical (unpaired) electrons. The maximum Gasteiger partial charge on any atom is 0.412 e. The Morgan fingerprint density at radius 3 is 2.72 bits per heavy atom. The Kier molecular flexibility index (Phi) is 7.73. The number of aliphatic hydroxyl groups is 2. The van der Waals surface area contributed by atoms with Crippen LogP contribution in [0.25, 0.3) is 11.0 Å². The summed E-state index contributed by atoms with van der Waals surface area (Å²) in [6, 6.07) is 3.13. The van der Waals surface area contributed by atoms with E-state index in [2.05, 4.69) is 25.4 Å². The van der Waals surface area contributed by atoms with Gasteiger partial charge in [0.2, 0.25) is 0 Å². The molecule has 1 amide bonds. The van der Waals surface area contributed by atoms with E-state index in [1.165, 1.54) is 13.3 Å². The first-order valence-electron chi connectivity index (χ1n) is 10.2. The Morgan fingerprint density at radius 2 is 2.06 bits per heavy atom. The number of ether oxygens (including phenoxy) is 2. The highest BCUT2D eigenvalue weighted by Gasteiger charge is 2.19. The zero-order valence-electron chi connectivity index (χ0n) is 18.0. The molecule has 12 nitrogen and oxygen atoms in total. The summed E-state index contributed by atoms with van der Waals surface area (Å²) in [6.45, 7) is 2.05. The van der Waals surface area contributed by atoms with Crippen molar-refractivity contribution in [2.45, 2.75) is 45.4 Å². The first kappa shape index (κ1) is 23.2. The van der Waals surface area contributed by atoms with Gasteiger partial charge >= 0.3 is 12.1 Å². The number of aromatic nitrogens is 5. The molecule has 3 aromatic heterocycles. The van der Waals surface area contributed by atoms with Gasteiger partial charge in [-0.15, -0.1) is 0 Å². The van der Waals surface area contributed by atoms with Gasteiger partial charge in [-0.05, 0) is 25.0 Å². The second-order valence-electron chi connectivity index (χ2n) is 7.06. The quantitative estimate of drug-likeness (QED) is 0.336. The zero-order chi connectivity index (χ0) is 23.1. The number of pyridine rings is 1. The van der Waals surface area contributed by atoms with Gasteiger partial charge in [0.1, 0.15) is 22.5 Å². The summed E-state index contributed by atoms with van der Waals surface area (Å²) in [6.07, 6.45) is 2.68. The van der Waals surface area contributed by atoms with E-state index in [1.54, 1.807) is 16.8 Å². The van der Waals surface area contributed by atoms with Crippen LogP contribution in [0.5, 0.6) is 11.8 Å². The van der Waals surface area contributed by atoms with Crippen molar-refractivity contribution in [3.8, 4) is 11.8 Å². The lowest BCUT2D eigenvalue weighted by Gasteiger charge is -2.19. The minimum Gasteiger partial charge on any atom is -0.495 e. The van der Waals surface area contributed by atoms with Gasteiger partial charge in [0.05, 0.1) is 32.2 Å². The molecule has 0 saturated heterocycles. The van der Waals surface area contributed by atoms with Gasteiger partial charge in [-0.1, -0.05) is 13.3 Å². The third kappa shape index (κ3) is 5.39. The van der Waals surface area contributed by atoms with E-state index in [4.69, 9.17) is 15.2 Å². The van der Waals surface area contributed by atoms with Crippen molar-refractivity contribution in [2.75, 3.05) is 19.0 Å². The number of carbonyl (C=O) groups excluding carboxylic acids is 1. The van der Waals surface area contributed by atoms with Crippen LogP contribution in [0, 0.1) is 0 Å². The molecule has 12 heteroatoms. The summed E-state index contributed by atoms with van der Waals surface area (Å²) >= 11 is 0. The maximum absolute atomic E-state index is 11.2. The highest BCUT2D eigenvalue weighted by atomic mass is 16.6. The molecule has 5 N–H and O–H groups in total. The number of nitrogens with one attached hydrogen (secondary N) is 1. The minimum atomic E-state index is -1.03. The summed E-state index contributed by atoms with van der Waals surface area (Å²) in [5.74, 6) is 0.923. The Labute approximate surface area is 184 Å². The summed E-state index contributed by atoms with van der Waals surface area (Å²) in [5.41, 5.74) is 7.16. The number of methoxy groups -OCH3 is 1. The third-order valence-electron chi connectivity index (χ3n) is 4.79. The lowest BCUT2D eigenvalue weighted by Crippen LogP contribution is -2.23. The van der Waals surface area contributed by atoms with Gasteiger partial charge in [-0.25, -0.2) is 9.78 Å². The summed E-state index contributed by atoms with van der Waals surface area (Å²) in [4.78, 5) is 24.2. The molecular formula is C20H27N7O5. The van der Waals surface area contributed by atoms with Crippen LogP contribution in [0.4, 0.5) is 10.6 Å². The molecule has 3 rings (SSSR count). The molecule has 0 fully saturated rings. The number of hydrogen-bond donors (Lipinski definition) is 4. The number of hydrogen-bond acceptors (Lipinski definition) is 10. The predicted octanol–water partition coefficient (Wildman–Crippen LogP) is 1.19. The molecule has 3 aromatic rings. The predicted molar refractivity (Wildman–Crippen MR) is 115 cm³/mol. The van der Waals surface area contributed by atoms with Gasteiger partial charge in [-0.3, -0.25) is 4.68 Å². The standard InChI is InChI=1S/C20H27N7O5/c1-3-4-12(7-8-28)24-18-17-14(25-20(26-18)32-19(21)30)9-22-27(17)10-15-16(31-2)6-5-13(11-29)23-15/h5-6,9,12,28-29H,3-4,7-8,10-11H2,1-2H3,(H2,21,30)(H,24,25,26)/t12-/m0/s1. The number of nitrogens with two attached hydrogens (primary N) is 1. The van der Waals surface area contributed by atoms with E-state index in [0.717, 1.165) is 12.8 Å². The van der Waals surface area contributed by atoms with E-state index < -0.39 is 6.09 Å². The van der Waals surface area contributed by atoms with Crippen LogP contribution in [0.1, 0.15) is 37.6 Å². The maximum atomic E-state index is 11.2. The highest BCUT2D eigenvalue weighted by Crippen LogP contribution is 2.27. The number of aliphatic hydroxyl groups excluding tert-OH is 2. The second-order valence-corrected chi connectivity index (χ2v) is 7.06. The van der Waals surface area contributed by atoms with Gasteiger partial charge in [0, 0.05) is 12.6 Å². The van der Waals surface area contributed by atoms with E-state index in [-0.39, 0.29) is 31.8 Å². The molecule has 0 aliphatic heterocycles. The topological polar surface area (TPSA) is 171 Å². The number of fused-ring (bicyclic) bond motifs is 1. The number of rotatable bonds is 11. The summed E-state index contributed by atoms with van der Waals surface area (Å²) < 4.78 is 11.9. The zero-order valence-corrected chi connectivity index (χ0v) is 18.0. The van der Waals surface area contributed by atoms with Gasteiger partial charge in [0.15, 0.2) is 5.82 Å². The molecule has 1 atom stereocenters. The van der Waals surface area contributed by atoms with Crippen LogP contribution in [-0.2, 0) is 13.2 Å². The molecule has 0 bridgehead atoms. The largest absolute Gasteiger partial charge is 0.495 e. The van der Waals surface area contributed by atoms with Gasteiger partial charge < -0.3 is 30.7 Å². The molecule has 0 saturated carbocycles. The molecular weight excluding hydrogens is 418 g/mol. The summed E-state index contributed by atoms with van der Waals surface area (Å²) in [5, 5.41) is 26.6. The van der Waals surface area contributed by atoms with Crippen molar-refractivity contribution in [1.29, 1.82) is 0 Å². The summed E-state index contributed by atoms with van der Waals surface area (Å²) in [7, 11) is 1.54. The average molecular weight is 445 g/mol. The molecule has 172 valence electrons. The lowest BCUT2D eigenvalue weighted by atomic mass is 10.1. The normalized spacial score (nSPS) is 12.0. The lowest BCUT2D eigenvalue weighted by molar-refractivity contribution is 0.207. The minimum absolute atomic E-state index is 0.00483. The van der Waals surface area contributed by atoms with Crippen molar-refractivity contribution in [3.63, 3.8) is 0 Å². The number of amides is 1. The fourth-order valence-corrected chi connectivity index (χ4v) is 3.38. The van der Waals surface area contributed by atoms with E-state index in [9.17, 15) is 15.0 Å². The first-order chi connectivity index (χ1) is 15.5.